The molecule has 1 aliphatic rings. The third kappa shape index (κ3) is 1.84. The summed E-state index contributed by atoms with van der Waals surface area (Å²) in [5.41, 5.74) is 0.906. The lowest BCUT2D eigenvalue weighted by Crippen LogP contribution is -2.35. The van der Waals surface area contributed by atoms with E-state index in [1.165, 1.54) is 12.1 Å². The number of hydrogen-bond donors (Lipinski definition) is 1. The number of cyclic esters (lactones) is 1. The Labute approximate surface area is 80.9 Å². The Morgan fingerprint density at radius 2 is 2.07 bits per heavy atom. The van der Waals surface area contributed by atoms with Gasteiger partial charge in [-0.15, -0.1) is 0 Å². The van der Waals surface area contributed by atoms with E-state index in [0.717, 1.165) is 12.0 Å². The molecule has 2 rings (SSSR count). The summed E-state index contributed by atoms with van der Waals surface area (Å²) in [6.45, 7) is 0.411. The van der Waals surface area contributed by atoms with Gasteiger partial charge < -0.3 is 10.1 Å². The quantitative estimate of drug-likeness (QED) is 0.744. The molecule has 1 fully saturated rings. The molecular formula is C10H10FNO2. The predicted molar refractivity (Wildman–Crippen MR) is 48.2 cm³/mol. The van der Waals surface area contributed by atoms with Crippen LogP contribution in [0.4, 0.5) is 9.18 Å². The molecule has 1 amide bonds. The van der Waals surface area contributed by atoms with E-state index in [1.54, 1.807) is 12.1 Å². The van der Waals surface area contributed by atoms with Gasteiger partial charge in [0, 0.05) is 6.42 Å². The first-order chi connectivity index (χ1) is 6.75. The lowest BCUT2D eigenvalue weighted by atomic mass is 10.0. The van der Waals surface area contributed by atoms with Crippen LogP contribution in [0.5, 0.6) is 0 Å². The number of benzene rings is 1. The van der Waals surface area contributed by atoms with E-state index < -0.39 is 6.09 Å². The molecule has 1 aromatic rings. The number of hydrogen-bond acceptors (Lipinski definition) is 2. The molecule has 74 valence electrons. The molecule has 1 aliphatic heterocycles. The van der Waals surface area contributed by atoms with E-state index in [9.17, 15) is 9.18 Å². The van der Waals surface area contributed by atoms with Gasteiger partial charge in [0.1, 0.15) is 5.82 Å². The zero-order valence-electron chi connectivity index (χ0n) is 7.50. The van der Waals surface area contributed by atoms with E-state index in [1.807, 2.05) is 0 Å². The molecular weight excluding hydrogens is 185 g/mol. The van der Waals surface area contributed by atoms with Crippen molar-refractivity contribution in [1.82, 2.24) is 5.32 Å². The second-order valence-corrected chi connectivity index (χ2v) is 3.17. The molecule has 1 saturated heterocycles. The Bertz CT molecular complexity index is 336. The molecule has 0 spiro atoms. The van der Waals surface area contributed by atoms with Crippen molar-refractivity contribution in [2.24, 2.45) is 0 Å². The molecule has 0 radical (unpaired) electrons. The maximum atomic E-state index is 12.6. The van der Waals surface area contributed by atoms with Crippen LogP contribution < -0.4 is 5.32 Å². The normalized spacial score (nSPS) is 21.2. The Morgan fingerprint density at radius 1 is 1.36 bits per heavy atom. The molecule has 0 saturated carbocycles. The maximum Gasteiger partial charge on any atom is 0.407 e. The number of amides is 1. The summed E-state index contributed by atoms with van der Waals surface area (Å²) >= 11 is 0. The highest BCUT2D eigenvalue weighted by Crippen LogP contribution is 2.19. The molecule has 1 heterocycles. The summed E-state index contributed by atoms with van der Waals surface area (Å²) in [5.74, 6) is -0.271. The van der Waals surface area contributed by atoms with Gasteiger partial charge >= 0.3 is 6.09 Å². The van der Waals surface area contributed by atoms with Crippen LogP contribution in [0.25, 0.3) is 0 Å². The first kappa shape index (κ1) is 8.99. The van der Waals surface area contributed by atoms with Crippen molar-refractivity contribution in [2.45, 2.75) is 12.5 Å². The first-order valence-corrected chi connectivity index (χ1v) is 4.44. The molecule has 4 heteroatoms. The van der Waals surface area contributed by atoms with Crippen LogP contribution in [0.15, 0.2) is 24.3 Å². The summed E-state index contributed by atoms with van der Waals surface area (Å²) in [5, 5.41) is 2.67. The van der Waals surface area contributed by atoms with E-state index in [4.69, 9.17) is 4.74 Å². The van der Waals surface area contributed by atoms with Gasteiger partial charge in [-0.25, -0.2) is 9.18 Å². The topological polar surface area (TPSA) is 38.3 Å². The average molecular weight is 195 g/mol. The predicted octanol–water partition coefficient (Wildman–Crippen LogP) is 2.00. The van der Waals surface area contributed by atoms with Gasteiger partial charge in [-0.3, -0.25) is 0 Å². The van der Waals surface area contributed by atoms with Crippen LogP contribution >= 0.6 is 0 Å². The summed E-state index contributed by atoms with van der Waals surface area (Å²) in [6.07, 6.45) is 0.308. The van der Waals surface area contributed by atoms with Crippen LogP contribution in [0, 0.1) is 5.82 Å². The van der Waals surface area contributed by atoms with Crippen molar-refractivity contribution < 1.29 is 13.9 Å². The summed E-state index contributed by atoms with van der Waals surface area (Å²) in [7, 11) is 0. The number of nitrogens with one attached hydrogen (secondary N) is 1. The SMILES string of the molecule is O=C1NC(c2ccc(F)cc2)CCO1. The standard InChI is InChI=1S/C10H10FNO2/c11-8-3-1-7(2-4-8)9-5-6-14-10(13)12-9/h1-4,9H,5-6H2,(H,12,13). The van der Waals surface area contributed by atoms with Gasteiger partial charge in [-0.1, -0.05) is 12.1 Å². The molecule has 0 aliphatic carbocycles. The Balaban J connectivity index is 2.14. The molecule has 0 aromatic heterocycles. The van der Waals surface area contributed by atoms with E-state index in [-0.39, 0.29) is 11.9 Å². The smallest absolute Gasteiger partial charge is 0.407 e. The fraction of sp³-hybridized carbons (Fsp3) is 0.300. The fourth-order valence-corrected chi connectivity index (χ4v) is 1.47. The summed E-state index contributed by atoms with van der Waals surface area (Å²) in [6, 6.07) is 6.06. The van der Waals surface area contributed by atoms with Crippen LogP contribution in [-0.2, 0) is 4.74 Å². The van der Waals surface area contributed by atoms with Crippen LogP contribution in [0.2, 0.25) is 0 Å². The molecule has 1 N–H and O–H groups in total. The minimum Gasteiger partial charge on any atom is -0.449 e. The van der Waals surface area contributed by atoms with E-state index >= 15 is 0 Å². The lowest BCUT2D eigenvalue weighted by molar-refractivity contribution is 0.115. The van der Waals surface area contributed by atoms with Gasteiger partial charge in [-0.05, 0) is 17.7 Å². The first-order valence-electron chi connectivity index (χ1n) is 4.44. The molecule has 1 unspecified atom stereocenters. The Morgan fingerprint density at radius 3 is 2.71 bits per heavy atom. The Kier molecular flexibility index (Phi) is 2.35. The molecule has 1 atom stereocenters. The zero-order valence-corrected chi connectivity index (χ0v) is 7.50. The monoisotopic (exact) mass is 195 g/mol. The van der Waals surface area contributed by atoms with Crippen LogP contribution in [0.3, 0.4) is 0 Å². The maximum absolute atomic E-state index is 12.6. The van der Waals surface area contributed by atoms with Crippen LogP contribution in [0.1, 0.15) is 18.0 Å². The molecule has 0 bridgehead atoms. The van der Waals surface area contributed by atoms with E-state index in [2.05, 4.69) is 5.32 Å². The number of alkyl carbamates (subject to hydrolysis) is 1. The van der Waals surface area contributed by atoms with Crippen molar-refractivity contribution in [2.75, 3.05) is 6.61 Å². The number of carbonyl (C=O) groups excluding carboxylic acids is 1. The van der Waals surface area contributed by atoms with Gasteiger partial charge in [0.15, 0.2) is 0 Å². The van der Waals surface area contributed by atoms with Crippen LogP contribution in [-0.4, -0.2) is 12.7 Å². The minimum absolute atomic E-state index is 0.0585. The van der Waals surface area contributed by atoms with Crippen molar-refractivity contribution in [1.29, 1.82) is 0 Å². The largest absolute Gasteiger partial charge is 0.449 e. The highest BCUT2D eigenvalue weighted by atomic mass is 19.1. The second kappa shape index (κ2) is 3.65. The molecule has 3 nitrogen and oxygen atoms in total. The Hall–Kier alpha value is -1.58. The van der Waals surface area contributed by atoms with Gasteiger partial charge in [0.2, 0.25) is 0 Å². The van der Waals surface area contributed by atoms with Crippen molar-refractivity contribution >= 4 is 6.09 Å². The highest BCUT2D eigenvalue weighted by Gasteiger charge is 2.20. The number of ether oxygens (including phenoxy) is 1. The van der Waals surface area contributed by atoms with Crippen molar-refractivity contribution in [3.63, 3.8) is 0 Å². The van der Waals surface area contributed by atoms with Crippen molar-refractivity contribution in [3.8, 4) is 0 Å². The molecule has 14 heavy (non-hydrogen) atoms. The lowest BCUT2D eigenvalue weighted by Gasteiger charge is -2.23. The van der Waals surface area contributed by atoms with E-state index in [0.29, 0.717) is 6.61 Å². The third-order valence-corrected chi connectivity index (χ3v) is 2.20. The number of carbonyl (C=O) groups is 1. The highest BCUT2D eigenvalue weighted by molar-refractivity contribution is 5.68. The van der Waals surface area contributed by atoms with Gasteiger partial charge in [-0.2, -0.15) is 0 Å². The fourth-order valence-electron chi connectivity index (χ4n) is 1.47. The second-order valence-electron chi connectivity index (χ2n) is 3.17. The zero-order chi connectivity index (χ0) is 9.97. The summed E-state index contributed by atoms with van der Waals surface area (Å²) in [4.78, 5) is 10.9. The molecule has 1 aromatic carbocycles. The number of rotatable bonds is 1. The number of halogens is 1. The summed E-state index contributed by atoms with van der Waals surface area (Å²) < 4.78 is 17.3. The van der Waals surface area contributed by atoms with Gasteiger partial charge in [0.25, 0.3) is 0 Å². The van der Waals surface area contributed by atoms with Crippen molar-refractivity contribution in [3.05, 3.63) is 35.6 Å². The minimum atomic E-state index is -0.412. The average Bonchev–Trinajstić information content (AvgIpc) is 2.19. The third-order valence-electron chi connectivity index (χ3n) is 2.20. The van der Waals surface area contributed by atoms with Gasteiger partial charge in [0.05, 0.1) is 12.6 Å².